The lowest BCUT2D eigenvalue weighted by molar-refractivity contribution is -0.152. The number of hydrogen-bond donors (Lipinski definition) is 2. The first-order chi connectivity index (χ1) is 24.9. The van der Waals surface area contributed by atoms with Crippen LogP contribution in [0.2, 0.25) is 10.0 Å². The normalized spacial score (nSPS) is 19.1. The van der Waals surface area contributed by atoms with Crippen LogP contribution in [0.25, 0.3) is 0 Å². The van der Waals surface area contributed by atoms with Crippen molar-refractivity contribution in [2.75, 3.05) is 65.5 Å². The van der Waals surface area contributed by atoms with Crippen molar-refractivity contribution in [3.8, 4) is 17.2 Å². The van der Waals surface area contributed by atoms with E-state index in [0.717, 1.165) is 23.0 Å². The number of morpholine rings is 1. The molecule has 282 valence electrons. The Bertz CT molecular complexity index is 1830. The van der Waals surface area contributed by atoms with Gasteiger partial charge in [0.05, 0.1) is 48.1 Å². The predicted octanol–water partition coefficient (Wildman–Crippen LogP) is 6.09. The zero-order valence-corrected chi connectivity index (χ0v) is 31.9. The number of carboxylic acid groups (broad SMARTS) is 1. The molecule has 0 radical (unpaired) electrons. The smallest absolute Gasteiger partial charge is 0.325 e. The third kappa shape index (κ3) is 8.78. The number of rotatable bonds is 15. The summed E-state index contributed by atoms with van der Waals surface area (Å²) in [6, 6.07) is 15.2. The van der Waals surface area contributed by atoms with Gasteiger partial charge in [-0.2, -0.15) is 4.31 Å². The summed E-state index contributed by atoms with van der Waals surface area (Å²) in [6.07, 6.45) is 1.68. The van der Waals surface area contributed by atoms with Crippen LogP contribution in [-0.2, 0) is 30.8 Å². The topological polar surface area (TPSA) is 144 Å². The van der Waals surface area contributed by atoms with Gasteiger partial charge in [0.25, 0.3) is 0 Å². The van der Waals surface area contributed by atoms with Gasteiger partial charge >= 0.3 is 5.97 Å². The molecule has 2 aliphatic heterocycles. The Kier molecular flexibility index (Phi) is 13.3. The van der Waals surface area contributed by atoms with Gasteiger partial charge < -0.3 is 29.4 Å². The summed E-state index contributed by atoms with van der Waals surface area (Å²) in [7, 11) is -1.42. The molecule has 0 aliphatic carbocycles. The number of hydrogen-bond acceptors (Lipinski definition) is 9. The first-order valence-electron chi connectivity index (χ1n) is 17.2. The number of carbonyl (C=O) groups is 2. The van der Waals surface area contributed by atoms with Gasteiger partial charge in [-0.05, 0) is 79.6 Å². The van der Waals surface area contributed by atoms with Crippen molar-refractivity contribution in [1.82, 2.24) is 9.21 Å². The van der Waals surface area contributed by atoms with Crippen molar-refractivity contribution in [1.29, 1.82) is 0 Å². The molecular weight excluding hydrogens is 733 g/mol. The number of sulfonamides is 1. The van der Waals surface area contributed by atoms with Crippen molar-refractivity contribution in [3.63, 3.8) is 0 Å². The van der Waals surface area contributed by atoms with E-state index in [0.29, 0.717) is 68.4 Å². The molecule has 5 rings (SSSR count). The summed E-state index contributed by atoms with van der Waals surface area (Å²) in [6.45, 7) is 5.34. The maximum atomic E-state index is 14.7. The largest absolute Gasteiger partial charge is 0.493 e. The average molecular weight is 779 g/mol. The number of ether oxygens (including phenoxy) is 4. The standard InChI is InChI=1S/C37H45Cl2N3O9S/c1-25(43)40-35-31(38)23-29(24-32(35)39)52(46,47)42-14-5-4-13-37(42,36(44)45)30(11-9-26-10-12-33(48-2)34(21-26)49-3)27-7-6-8-28(22-27)51-20-17-41-15-18-50-19-16-41/h6-8,10,12,21-24,30H,4-5,9,11,13-20H2,1-3H3,(H,40,43)(H,44,45)/t30-,37?/m1/s1. The monoisotopic (exact) mass is 777 g/mol. The number of aryl methyl sites for hydroxylation is 1. The van der Waals surface area contributed by atoms with Gasteiger partial charge in [-0.15, -0.1) is 0 Å². The fraction of sp³-hybridized carbons (Fsp3) is 0.459. The van der Waals surface area contributed by atoms with E-state index in [1.54, 1.807) is 26.4 Å². The number of carboxylic acids is 1. The number of nitrogens with zero attached hydrogens (tertiary/aromatic N) is 2. The highest BCUT2D eigenvalue weighted by Crippen LogP contribution is 2.47. The molecule has 2 aliphatic rings. The molecule has 12 nitrogen and oxygen atoms in total. The number of carbonyl (C=O) groups excluding carboxylic acids is 1. The molecule has 3 aromatic rings. The lowest BCUT2D eigenvalue weighted by Gasteiger charge is -2.48. The van der Waals surface area contributed by atoms with Gasteiger partial charge in [0.2, 0.25) is 15.9 Å². The maximum Gasteiger partial charge on any atom is 0.325 e. The second kappa shape index (κ2) is 17.5. The van der Waals surface area contributed by atoms with Crippen molar-refractivity contribution in [3.05, 3.63) is 75.8 Å². The Balaban J connectivity index is 1.56. The Morgan fingerprint density at radius 3 is 2.35 bits per heavy atom. The summed E-state index contributed by atoms with van der Waals surface area (Å²) >= 11 is 12.9. The van der Waals surface area contributed by atoms with Crippen molar-refractivity contribution >= 4 is 50.8 Å². The molecule has 1 unspecified atom stereocenters. The van der Waals surface area contributed by atoms with Crippen LogP contribution in [0.1, 0.15) is 49.7 Å². The quantitative estimate of drug-likeness (QED) is 0.186. The first-order valence-corrected chi connectivity index (χ1v) is 19.4. The summed E-state index contributed by atoms with van der Waals surface area (Å²) in [4.78, 5) is 27.6. The number of benzene rings is 3. The fourth-order valence-electron chi connectivity index (χ4n) is 7.11. The van der Waals surface area contributed by atoms with Gasteiger partial charge in [0, 0.05) is 39.0 Å². The lowest BCUT2D eigenvalue weighted by Crippen LogP contribution is -2.62. The van der Waals surface area contributed by atoms with Crippen LogP contribution in [0.15, 0.2) is 59.5 Å². The Morgan fingerprint density at radius 2 is 1.69 bits per heavy atom. The summed E-state index contributed by atoms with van der Waals surface area (Å²) < 4.78 is 53.0. The predicted molar refractivity (Wildman–Crippen MR) is 199 cm³/mol. The molecule has 2 atom stereocenters. The van der Waals surface area contributed by atoms with Gasteiger partial charge in [0.1, 0.15) is 17.9 Å². The second-order valence-corrected chi connectivity index (χ2v) is 15.5. The van der Waals surface area contributed by atoms with Crippen LogP contribution >= 0.6 is 23.2 Å². The van der Waals surface area contributed by atoms with Gasteiger partial charge in [-0.1, -0.05) is 41.4 Å². The summed E-state index contributed by atoms with van der Waals surface area (Å²) in [5.41, 5.74) is -0.337. The number of amides is 1. The van der Waals surface area contributed by atoms with Gasteiger partial charge in [-0.3, -0.25) is 14.5 Å². The molecule has 0 saturated carbocycles. The average Bonchev–Trinajstić information content (AvgIpc) is 3.13. The molecule has 0 bridgehead atoms. The first kappa shape index (κ1) is 39.6. The number of piperidine rings is 1. The van der Waals surface area contributed by atoms with Crippen LogP contribution < -0.4 is 19.5 Å². The van der Waals surface area contributed by atoms with Crippen LogP contribution in [0, 0.1) is 0 Å². The van der Waals surface area contributed by atoms with Crippen LogP contribution in [-0.4, -0.2) is 100 Å². The molecule has 2 heterocycles. The molecule has 2 fully saturated rings. The molecule has 15 heteroatoms. The van der Waals surface area contributed by atoms with Gasteiger partial charge in [0.15, 0.2) is 11.5 Å². The fourth-order valence-corrected chi connectivity index (χ4v) is 9.70. The van der Waals surface area contributed by atoms with Crippen molar-refractivity contribution in [2.45, 2.75) is 55.4 Å². The number of aliphatic carboxylic acids is 1. The SMILES string of the molecule is COc1ccc(CC[C@H](c2cccc(OCCN3CCOCC3)c2)C2(C(=O)O)CCCCN2S(=O)(=O)c2cc(Cl)c(NC(C)=O)c(Cl)c2)cc1OC. The van der Waals surface area contributed by atoms with Gasteiger partial charge in [-0.25, -0.2) is 8.42 Å². The van der Waals surface area contributed by atoms with E-state index in [1.807, 2.05) is 30.3 Å². The van der Waals surface area contributed by atoms with Crippen molar-refractivity contribution < 1.29 is 42.1 Å². The lowest BCUT2D eigenvalue weighted by atomic mass is 9.71. The number of methoxy groups -OCH3 is 2. The Morgan fingerprint density at radius 1 is 0.981 bits per heavy atom. The second-order valence-electron chi connectivity index (χ2n) is 12.9. The minimum Gasteiger partial charge on any atom is -0.493 e. The highest BCUT2D eigenvalue weighted by Gasteiger charge is 2.56. The molecule has 0 spiro atoms. The molecule has 1 amide bonds. The van der Waals surface area contributed by atoms with Crippen LogP contribution in [0.4, 0.5) is 5.69 Å². The molecule has 0 aromatic heterocycles. The van der Waals surface area contributed by atoms with Crippen LogP contribution in [0.5, 0.6) is 17.2 Å². The number of halogens is 2. The van der Waals surface area contributed by atoms with E-state index >= 15 is 0 Å². The molecular formula is C37H45Cl2N3O9S. The molecule has 52 heavy (non-hydrogen) atoms. The number of nitrogens with one attached hydrogen (secondary N) is 1. The minimum atomic E-state index is -4.51. The van der Waals surface area contributed by atoms with E-state index in [2.05, 4.69) is 10.2 Å². The third-order valence-corrected chi connectivity index (χ3v) is 12.2. The van der Waals surface area contributed by atoms with Crippen molar-refractivity contribution in [2.24, 2.45) is 0 Å². The maximum absolute atomic E-state index is 14.7. The molecule has 2 N–H and O–H groups in total. The van der Waals surface area contributed by atoms with E-state index in [-0.39, 0.29) is 40.0 Å². The zero-order chi connectivity index (χ0) is 37.5. The Hall–Kier alpha value is -3.59. The van der Waals surface area contributed by atoms with E-state index in [9.17, 15) is 23.1 Å². The number of anilines is 1. The zero-order valence-electron chi connectivity index (χ0n) is 29.5. The highest BCUT2D eigenvalue weighted by atomic mass is 35.5. The van der Waals surface area contributed by atoms with E-state index in [1.165, 1.54) is 19.1 Å². The summed E-state index contributed by atoms with van der Waals surface area (Å²) in [5.74, 6) is -0.888. The highest BCUT2D eigenvalue weighted by molar-refractivity contribution is 7.89. The molecule has 2 saturated heterocycles. The van der Waals surface area contributed by atoms with Crippen LogP contribution in [0.3, 0.4) is 0 Å². The minimum absolute atomic E-state index is 0.0417. The van der Waals surface area contributed by atoms with E-state index < -0.39 is 33.4 Å². The Labute approximate surface area is 314 Å². The molecule has 3 aromatic carbocycles. The summed E-state index contributed by atoms with van der Waals surface area (Å²) in [5, 5.41) is 13.6. The third-order valence-electron chi connectivity index (χ3n) is 9.68. The van der Waals surface area contributed by atoms with E-state index in [4.69, 9.17) is 42.1 Å².